The first-order valence-electron chi connectivity index (χ1n) is 10.3. The lowest BCUT2D eigenvalue weighted by Gasteiger charge is -2.32. The lowest BCUT2D eigenvalue weighted by molar-refractivity contribution is -0.144. The van der Waals surface area contributed by atoms with Gasteiger partial charge in [0.05, 0.1) is 0 Å². The van der Waals surface area contributed by atoms with E-state index in [2.05, 4.69) is 5.32 Å². The zero-order valence-corrected chi connectivity index (χ0v) is 17.1. The van der Waals surface area contributed by atoms with Crippen molar-refractivity contribution in [1.29, 1.82) is 0 Å². The molecule has 4 atom stereocenters. The molecule has 1 N–H and O–H groups in total. The van der Waals surface area contributed by atoms with E-state index in [0.717, 1.165) is 40.2 Å². The van der Waals surface area contributed by atoms with Crippen LogP contribution in [0.4, 0.5) is 10.5 Å². The largest absolute Gasteiger partial charge is 0.334 e. The predicted octanol–water partition coefficient (Wildman–Crippen LogP) is 2.86. The summed E-state index contributed by atoms with van der Waals surface area (Å²) in [6.45, 7) is 5.23. The monoisotopic (exact) mass is 397 g/mol. The molecule has 4 rings (SSSR count). The number of urea groups is 1. The van der Waals surface area contributed by atoms with Crippen molar-refractivity contribution < 1.29 is 19.2 Å². The number of aryl methyl sites for hydroxylation is 2. The minimum atomic E-state index is -0.916. The van der Waals surface area contributed by atoms with Gasteiger partial charge in [-0.3, -0.25) is 19.3 Å². The Hall–Kier alpha value is -2.70. The molecule has 1 aliphatic heterocycles. The summed E-state index contributed by atoms with van der Waals surface area (Å²) in [6, 6.07) is 4.62. The number of carbonyl (C=O) groups excluding carboxylic acids is 4. The third-order valence-corrected chi connectivity index (χ3v) is 6.71. The van der Waals surface area contributed by atoms with Gasteiger partial charge in [0, 0.05) is 11.7 Å². The molecule has 154 valence electrons. The van der Waals surface area contributed by atoms with Gasteiger partial charge in [-0.25, -0.2) is 9.69 Å². The Morgan fingerprint density at radius 1 is 1.07 bits per heavy atom. The normalized spacial score (nSPS) is 27.1. The summed E-state index contributed by atoms with van der Waals surface area (Å²) in [5.41, 5.74) is 2.59. The number of hydrogen-bond acceptors (Lipinski definition) is 4. The summed E-state index contributed by atoms with van der Waals surface area (Å²) < 4.78 is 0. The summed E-state index contributed by atoms with van der Waals surface area (Å²) in [7, 11) is 0. The SMILES string of the molecule is Cc1cc(C)cc(NC(=O)CN2C(=O)C(=O)N([C@H](C)[C@H]3C[C@H]4CC[C@H]3C4)C2=O)c1. The van der Waals surface area contributed by atoms with Gasteiger partial charge in [0.15, 0.2) is 0 Å². The number of nitrogens with one attached hydrogen (secondary N) is 1. The van der Waals surface area contributed by atoms with Crippen molar-refractivity contribution in [2.75, 3.05) is 11.9 Å². The van der Waals surface area contributed by atoms with Crippen molar-refractivity contribution in [3.8, 4) is 0 Å². The lowest BCUT2D eigenvalue weighted by atomic mass is 9.83. The van der Waals surface area contributed by atoms with Crippen LogP contribution in [0.3, 0.4) is 0 Å². The van der Waals surface area contributed by atoms with Gasteiger partial charge in [-0.1, -0.05) is 12.5 Å². The fraction of sp³-hybridized carbons (Fsp3) is 0.545. The van der Waals surface area contributed by atoms with Gasteiger partial charge < -0.3 is 5.32 Å². The summed E-state index contributed by atoms with van der Waals surface area (Å²) in [5, 5.41) is 2.71. The van der Waals surface area contributed by atoms with Crippen molar-refractivity contribution in [1.82, 2.24) is 9.80 Å². The number of rotatable bonds is 5. The Morgan fingerprint density at radius 2 is 1.76 bits per heavy atom. The van der Waals surface area contributed by atoms with Crippen LogP contribution in [0.15, 0.2) is 18.2 Å². The maximum absolute atomic E-state index is 12.9. The van der Waals surface area contributed by atoms with Crippen LogP contribution in [0.25, 0.3) is 0 Å². The summed E-state index contributed by atoms with van der Waals surface area (Å²) >= 11 is 0. The number of carbonyl (C=O) groups is 4. The lowest BCUT2D eigenvalue weighted by Crippen LogP contribution is -2.45. The molecule has 2 bridgehead atoms. The van der Waals surface area contributed by atoms with Gasteiger partial charge in [0.25, 0.3) is 0 Å². The highest BCUT2D eigenvalue weighted by Gasteiger charge is 2.52. The standard InChI is InChI=1S/C22H27N3O4/c1-12-6-13(2)8-17(7-12)23-19(26)11-24-20(27)21(28)25(22(24)29)14(3)18-10-15-4-5-16(18)9-15/h6-8,14-16,18H,4-5,9-11H2,1-3H3,(H,23,26)/t14-,15+,16+,18-/m1/s1. The zero-order chi connectivity index (χ0) is 20.9. The molecule has 7 heteroatoms. The molecule has 3 fully saturated rings. The van der Waals surface area contributed by atoms with Crippen molar-refractivity contribution >= 4 is 29.4 Å². The topological polar surface area (TPSA) is 86.8 Å². The number of amides is 5. The third-order valence-electron chi connectivity index (χ3n) is 6.71. The van der Waals surface area contributed by atoms with Crippen molar-refractivity contribution in [3.05, 3.63) is 29.3 Å². The second-order valence-electron chi connectivity index (χ2n) is 8.85. The van der Waals surface area contributed by atoms with Crippen LogP contribution in [-0.4, -0.2) is 46.1 Å². The van der Waals surface area contributed by atoms with Crippen LogP contribution in [0.2, 0.25) is 0 Å². The molecule has 3 aliphatic rings. The molecule has 1 heterocycles. The van der Waals surface area contributed by atoms with Crippen LogP contribution in [0.1, 0.15) is 43.7 Å². The fourth-order valence-electron chi connectivity index (χ4n) is 5.49. The van der Waals surface area contributed by atoms with E-state index in [1.807, 2.05) is 39.0 Å². The molecule has 7 nitrogen and oxygen atoms in total. The van der Waals surface area contributed by atoms with Crippen molar-refractivity contribution in [2.45, 2.75) is 52.5 Å². The van der Waals surface area contributed by atoms with E-state index in [-0.39, 0.29) is 12.0 Å². The molecule has 1 aromatic carbocycles. The number of hydrogen-bond donors (Lipinski definition) is 1. The molecule has 2 aliphatic carbocycles. The Balaban J connectivity index is 1.44. The van der Waals surface area contributed by atoms with Crippen LogP contribution in [-0.2, 0) is 14.4 Å². The minimum absolute atomic E-state index is 0.249. The molecule has 5 amide bonds. The van der Waals surface area contributed by atoms with E-state index in [4.69, 9.17) is 0 Å². The summed E-state index contributed by atoms with van der Waals surface area (Å²) in [4.78, 5) is 52.1. The first kappa shape index (κ1) is 19.6. The van der Waals surface area contributed by atoms with Gasteiger partial charge in [0.1, 0.15) is 6.54 Å². The molecule has 0 aromatic heterocycles. The van der Waals surface area contributed by atoms with E-state index >= 15 is 0 Å². The molecule has 1 saturated heterocycles. The number of fused-ring (bicyclic) bond motifs is 2. The van der Waals surface area contributed by atoms with Crippen LogP contribution in [0.5, 0.6) is 0 Å². The maximum Gasteiger partial charge on any atom is 0.334 e. The van der Waals surface area contributed by atoms with E-state index in [1.54, 1.807) is 0 Å². The summed E-state index contributed by atoms with van der Waals surface area (Å²) in [5.74, 6) is -0.786. The molecule has 2 saturated carbocycles. The zero-order valence-electron chi connectivity index (χ0n) is 17.1. The molecular formula is C22H27N3O4. The Labute approximate surface area is 170 Å². The van der Waals surface area contributed by atoms with Crippen LogP contribution < -0.4 is 5.32 Å². The maximum atomic E-state index is 12.9. The molecule has 0 radical (unpaired) electrons. The second-order valence-corrected chi connectivity index (χ2v) is 8.85. The van der Waals surface area contributed by atoms with Gasteiger partial charge >= 0.3 is 17.8 Å². The average Bonchev–Trinajstić information content (AvgIpc) is 3.32. The number of nitrogens with zero attached hydrogens (tertiary/aromatic N) is 2. The summed E-state index contributed by atoms with van der Waals surface area (Å²) in [6.07, 6.45) is 4.51. The molecule has 29 heavy (non-hydrogen) atoms. The highest BCUT2D eigenvalue weighted by atomic mass is 16.2. The first-order chi connectivity index (χ1) is 13.7. The highest BCUT2D eigenvalue weighted by Crippen LogP contribution is 2.50. The number of imide groups is 2. The fourth-order valence-corrected chi connectivity index (χ4v) is 5.49. The van der Waals surface area contributed by atoms with Gasteiger partial charge in [-0.2, -0.15) is 0 Å². The number of anilines is 1. The van der Waals surface area contributed by atoms with Crippen LogP contribution in [0, 0.1) is 31.6 Å². The smallest absolute Gasteiger partial charge is 0.325 e. The molecule has 0 unspecified atom stereocenters. The number of benzene rings is 1. The van der Waals surface area contributed by atoms with E-state index < -0.39 is 30.3 Å². The van der Waals surface area contributed by atoms with Gasteiger partial charge in [-0.05, 0) is 81.0 Å². The van der Waals surface area contributed by atoms with E-state index in [1.165, 1.54) is 6.42 Å². The quantitative estimate of drug-likeness (QED) is 0.611. The van der Waals surface area contributed by atoms with E-state index in [9.17, 15) is 19.2 Å². The second kappa shape index (κ2) is 7.28. The molecular weight excluding hydrogens is 370 g/mol. The first-order valence-corrected chi connectivity index (χ1v) is 10.3. The Bertz CT molecular complexity index is 876. The van der Waals surface area contributed by atoms with Crippen LogP contribution >= 0.6 is 0 Å². The Kier molecular flexibility index (Phi) is 4.92. The predicted molar refractivity (Wildman–Crippen MR) is 107 cm³/mol. The minimum Gasteiger partial charge on any atom is -0.325 e. The van der Waals surface area contributed by atoms with Crippen molar-refractivity contribution in [3.63, 3.8) is 0 Å². The van der Waals surface area contributed by atoms with E-state index in [0.29, 0.717) is 17.5 Å². The third kappa shape index (κ3) is 3.54. The Morgan fingerprint density at radius 3 is 2.34 bits per heavy atom. The average molecular weight is 397 g/mol. The van der Waals surface area contributed by atoms with Gasteiger partial charge in [-0.15, -0.1) is 0 Å². The highest BCUT2D eigenvalue weighted by molar-refractivity contribution is 6.45. The molecule has 0 spiro atoms. The van der Waals surface area contributed by atoms with Gasteiger partial charge in [0.2, 0.25) is 5.91 Å². The molecule has 1 aromatic rings. The van der Waals surface area contributed by atoms with Crippen molar-refractivity contribution in [2.24, 2.45) is 17.8 Å².